The van der Waals surface area contributed by atoms with Crippen molar-refractivity contribution in [1.29, 1.82) is 0 Å². The Morgan fingerprint density at radius 2 is 2.09 bits per heavy atom. The van der Waals surface area contributed by atoms with Crippen LogP contribution in [0.2, 0.25) is 5.02 Å². The second-order valence-corrected chi connectivity index (χ2v) is 5.29. The first-order chi connectivity index (χ1) is 10.5. The molecule has 1 atom stereocenters. The fourth-order valence-electron chi connectivity index (χ4n) is 1.89. The van der Waals surface area contributed by atoms with Crippen molar-refractivity contribution in [2.75, 3.05) is 19.0 Å². The maximum atomic E-state index is 12.2. The van der Waals surface area contributed by atoms with Crippen LogP contribution in [-0.4, -0.2) is 34.6 Å². The third kappa shape index (κ3) is 3.78. The first-order valence-electron chi connectivity index (χ1n) is 6.81. The number of nitrogens with one attached hydrogen (secondary N) is 1. The fourth-order valence-corrected chi connectivity index (χ4v) is 2.09. The van der Waals surface area contributed by atoms with E-state index in [-0.39, 0.29) is 23.2 Å². The van der Waals surface area contributed by atoms with Crippen LogP contribution in [0.4, 0.5) is 5.69 Å². The van der Waals surface area contributed by atoms with Crippen LogP contribution >= 0.6 is 11.6 Å². The highest BCUT2D eigenvalue weighted by Crippen LogP contribution is 2.17. The molecule has 2 N–H and O–H groups in total. The molecule has 118 valence electrons. The summed E-state index contributed by atoms with van der Waals surface area (Å²) in [5, 5.41) is 16.1. The Balaban J connectivity index is 2.21. The van der Waals surface area contributed by atoms with Crippen LogP contribution in [0.3, 0.4) is 0 Å². The Morgan fingerprint density at radius 3 is 2.68 bits per heavy atom. The Hall–Kier alpha value is -2.05. The summed E-state index contributed by atoms with van der Waals surface area (Å²) in [5.41, 5.74) is 0.947. The lowest BCUT2D eigenvalue weighted by Gasteiger charge is -2.14. The summed E-state index contributed by atoms with van der Waals surface area (Å²) < 4.78 is 6.38. The summed E-state index contributed by atoms with van der Waals surface area (Å²) in [6.45, 7) is 2.03. The predicted molar refractivity (Wildman–Crippen MR) is 85.8 cm³/mol. The Labute approximate surface area is 133 Å². The lowest BCUT2D eigenvalue weighted by atomic mass is 10.2. The van der Waals surface area contributed by atoms with Crippen LogP contribution < -0.4 is 15.6 Å². The van der Waals surface area contributed by atoms with E-state index in [9.17, 15) is 4.79 Å². The van der Waals surface area contributed by atoms with Gasteiger partial charge in [-0.05, 0) is 24.6 Å². The second-order valence-electron chi connectivity index (χ2n) is 4.91. The van der Waals surface area contributed by atoms with E-state index in [1.165, 1.54) is 10.9 Å². The van der Waals surface area contributed by atoms with Gasteiger partial charge < -0.3 is 15.2 Å². The number of hydrogen-bond donors (Lipinski definition) is 2. The average molecular weight is 324 g/mol. The summed E-state index contributed by atoms with van der Waals surface area (Å²) in [7, 11) is 1.60. The minimum Gasteiger partial charge on any atom is -0.497 e. The van der Waals surface area contributed by atoms with Gasteiger partial charge in [-0.1, -0.05) is 23.7 Å². The number of ether oxygens (including phenoxy) is 1. The molecule has 0 bridgehead atoms. The van der Waals surface area contributed by atoms with Gasteiger partial charge in [-0.15, -0.1) is 0 Å². The van der Waals surface area contributed by atoms with Crippen LogP contribution in [0, 0.1) is 0 Å². The first kappa shape index (κ1) is 16.3. The van der Waals surface area contributed by atoms with Crippen LogP contribution in [0.5, 0.6) is 5.75 Å². The summed E-state index contributed by atoms with van der Waals surface area (Å²) in [6.07, 6.45) is 1.49. The minimum absolute atomic E-state index is 0.0591. The number of aliphatic hydroxyl groups excluding tert-OH is 1. The SMILES string of the molecule is COc1ccc(Cn2ncc(N[C@H](C)CO)c(Cl)c2=O)cc1. The molecule has 1 aromatic heterocycles. The molecular weight excluding hydrogens is 306 g/mol. The maximum absolute atomic E-state index is 12.2. The van der Waals surface area contributed by atoms with Crippen LogP contribution in [0.25, 0.3) is 0 Å². The molecule has 1 aromatic carbocycles. The Kier molecular flexibility index (Phi) is 5.41. The van der Waals surface area contributed by atoms with Crippen LogP contribution in [-0.2, 0) is 6.54 Å². The third-order valence-corrected chi connectivity index (χ3v) is 3.52. The molecule has 0 saturated heterocycles. The van der Waals surface area contributed by atoms with Gasteiger partial charge in [0.15, 0.2) is 0 Å². The molecule has 0 radical (unpaired) electrons. The zero-order valence-electron chi connectivity index (χ0n) is 12.4. The number of methoxy groups -OCH3 is 1. The van der Waals surface area contributed by atoms with Crippen molar-refractivity contribution in [1.82, 2.24) is 9.78 Å². The van der Waals surface area contributed by atoms with Crippen molar-refractivity contribution >= 4 is 17.3 Å². The lowest BCUT2D eigenvalue weighted by molar-refractivity contribution is 0.281. The van der Waals surface area contributed by atoms with E-state index >= 15 is 0 Å². The van der Waals surface area contributed by atoms with Crippen molar-refractivity contribution < 1.29 is 9.84 Å². The molecule has 7 heteroatoms. The van der Waals surface area contributed by atoms with E-state index in [1.807, 2.05) is 24.3 Å². The van der Waals surface area contributed by atoms with Gasteiger partial charge in [0.05, 0.1) is 32.1 Å². The quantitative estimate of drug-likeness (QED) is 0.847. The van der Waals surface area contributed by atoms with E-state index in [2.05, 4.69) is 10.4 Å². The number of benzene rings is 1. The average Bonchev–Trinajstić information content (AvgIpc) is 2.55. The number of anilines is 1. The molecule has 0 unspecified atom stereocenters. The Morgan fingerprint density at radius 1 is 1.41 bits per heavy atom. The number of rotatable bonds is 6. The van der Waals surface area contributed by atoms with E-state index < -0.39 is 0 Å². The molecule has 0 aliphatic carbocycles. The monoisotopic (exact) mass is 323 g/mol. The topological polar surface area (TPSA) is 76.4 Å². The zero-order chi connectivity index (χ0) is 16.1. The molecule has 6 nitrogen and oxygen atoms in total. The molecule has 2 rings (SSSR count). The van der Waals surface area contributed by atoms with E-state index in [4.69, 9.17) is 21.4 Å². The summed E-state index contributed by atoms with van der Waals surface area (Å²) in [5.74, 6) is 0.750. The predicted octanol–water partition coefficient (Wildman–Crippen LogP) is 1.75. The van der Waals surface area contributed by atoms with Crippen molar-refractivity contribution in [2.24, 2.45) is 0 Å². The zero-order valence-corrected chi connectivity index (χ0v) is 13.2. The Bertz CT molecular complexity index is 685. The van der Waals surface area contributed by atoms with E-state index in [1.54, 1.807) is 14.0 Å². The highest BCUT2D eigenvalue weighted by molar-refractivity contribution is 6.32. The number of halogens is 1. The van der Waals surface area contributed by atoms with Gasteiger partial charge in [-0.25, -0.2) is 4.68 Å². The normalized spacial score (nSPS) is 12.0. The minimum atomic E-state index is -0.382. The smallest absolute Gasteiger partial charge is 0.287 e. The molecule has 1 heterocycles. The van der Waals surface area contributed by atoms with Gasteiger partial charge in [0.2, 0.25) is 0 Å². The standard InChI is InChI=1S/C15H18ClN3O3/c1-10(9-20)18-13-7-17-19(15(21)14(13)16)8-11-3-5-12(22-2)6-4-11/h3-7,10,18,20H,8-9H2,1-2H3/t10-/m1/s1. The highest BCUT2D eigenvalue weighted by atomic mass is 35.5. The van der Waals surface area contributed by atoms with E-state index in [0.29, 0.717) is 12.2 Å². The van der Waals surface area contributed by atoms with Gasteiger partial charge in [-0.2, -0.15) is 5.10 Å². The lowest BCUT2D eigenvalue weighted by Crippen LogP contribution is -2.27. The van der Waals surface area contributed by atoms with Gasteiger partial charge >= 0.3 is 0 Å². The fraction of sp³-hybridized carbons (Fsp3) is 0.333. The molecule has 22 heavy (non-hydrogen) atoms. The molecule has 0 aliphatic heterocycles. The van der Waals surface area contributed by atoms with Crippen molar-refractivity contribution in [3.8, 4) is 5.75 Å². The van der Waals surface area contributed by atoms with Crippen molar-refractivity contribution in [2.45, 2.75) is 19.5 Å². The largest absolute Gasteiger partial charge is 0.497 e. The molecule has 0 fully saturated rings. The molecular formula is C15H18ClN3O3. The summed E-state index contributed by atoms with van der Waals surface area (Å²) in [4.78, 5) is 12.2. The molecule has 0 amide bonds. The van der Waals surface area contributed by atoms with Crippen LogP contribution in [0.15, 0.2) is 35.3 Å². The molecule has 0 saturated carbocycles. The van der Waals surface area contributed by atoms with Crippen molar-refractivity contribution in [3.63, 3.8) is 0 Å². The summed E-state index contributed by atoms with van der Waals surface area (Å²) in [6, 6.07) is 7.15. The van der Waals surface area contributed by atoms with Crippen LogP contribution in [0.1, 0.15) is 12.5 Å². The third-order valence-electron chi connectivity index (χ3n) is 3.15. The number of aromatic nitrogens is 2. The number of hydrogen-bond acceptors (Lipinski definition) is 5. The second kappa shape index (κ2) is 7.29. The first-order valence-corrected chi connectivity index (χ1v) is 7.19. The number of nitrogens with zero attached hydrogens (tertiary/aromatic N) is 2. The molecule has 2 aromatic rings. The maximum Gasteiger partial charge on any atom is 0.287 e. The highest BCUT2D eigenvalue weighted by Gasteiger charge is 2.11. The van der Waals surface area contributed by atoms with Gasteiger partial charge in [0.1, 0.15) is 10.8 Å². The number of aliphatic hydroxyl groups is 1. The molecule has 0 spiro atoms. The van der Waals surface area contributed by atoms with Gasteiger partial charge in [0, 0.05) is 6.04 Å². The van der Waals surface area contributed by atoms with E-state index in [0.717, 1.165) is 11.3 Å². The summed E-state index contributed by atoms with van der Waals surface area (Å²) >= 11 is 6.08. The van der Waals surface area contributed by atoms with Gasteiger partial charge in [-0.3, -0.25) is 4.79 Å². The van der Waals surface area contributed by atoms with Gasteiger partial charge in [0.25, 0.3) is 5.56 Å². The van der Waals surface area contributed by atoms with Crippen molar-refractivity contribution in [3.05, 3.63) is 51.4 Å². The molecule has 0 aliphatic rings.